The summed E-state index contributed by atoms with van der Waals surface area (Å²) < 4.78 is 5.45. The minimum absolute atomic E-state index is 0.0417. The number of hydrogen-bond donors (Lipinski definition) is 1. The van der Waals surface area contributed by atoms with Gasteiger partial charge in [0.15, 0.2) is 0 Å². The molecule has 5 heteroatoms. The van der Waals surface area contributed by atoms with Crippen LogP contribution in [0.15, 0.2) is 42.6 Å². The van der Waals surface area contributed by atoms with Gasteiger partial charge in [0.1, 0.15) is 11.6 Å². The average molecular weight is 338 g/mol. The van der Waals surface area contributed by atoms with Crippen molar-refractivity contribution in [2.75, 3.05) is 5.32 Å². The number of carbonyl (C=O) groups excluding carboxylic acids is 2. The molecule has 1 aliphatic carbocycles. The van der Waals surface area contributed by atoms with Crippen LogP contribution in [-0.2, 0) is 33.0 Å². The maximum Gasteiger partial charge on any atom is 0.236 e. The second kappa shape index (κ2) is 7.15. The Bertz CT molecular complexity index is 779. The summed E-state index contributed by atoms with van der Waals surface area (Å²) >= 11 is 0. The van der Waals surface area contributed by atoms with E-state index in [2.05, 4.69) is 28.5 Å². The Balaban J connectivity index is 0.000000415. The SMILES string of the molecule is CC(C)=O.O=C(Nc1ccccn1)C1(c2ccc3c(c2)COC3)CC1. The first-order valence-corrected chi connectivity index (χ1v) is 8.41. The highest BCUT2D eigenvalue weighted by atomic mass is 16.5. The highest BCUT2D eigenvalue weighted by Crippen LogP contribution is 2.49. The summed E-state index contributed by atoms with van der Waals surface area (Å²) in [6.45, 7) is 4.39. The van der Waals surface area contributed by atoms with Crippen LogP contribution in [-0.4, -0.2) is 16.7 Å². The smallest absolute Gasteiger partial charge is 0.236 e. The molecule has 0 spiro atoms. The number of ketones is 1. The number of aromatic nitrogens is 1. The van der Waals surface area contributed by atoms with E-state index in [0.717, 1.165) is 18.4 Å². The van der Waals surface area contributed by atoms with Gasteiger partial charge in [-0.1, -0.05) is 24.3 Å². The molecule has 1 aromatic heterocycles. The fourth-order valence-corrected chi connectivity index (χ4v) is 2.91. The van der Waals surface area contributed by atoms with Crippen LogP contribution in [0.5, 0.6) is 0 Å². The van der Waals surface area contributed by atoms with E-state index in [-0.39, 0.29) is 17.1 Å². The predicted molar refractivity (Wildman–Crippen MR) is 95.1 cm³/mol. The van der Waals surface area contributed by atoms with Crippen molar-refractivity contribution in [3.63, 3.8) is 0 Å². The van der Waals surface area contributed by atoms with Crippen molar-refractivity contribution in [1.29, 1.82) is 0 Å². The Kier molecular flexibility index (Phi) is 4.95. The molecule has 0 bridgehead atoms. The number of pyridine rings is 1. The topological polar surface area (TPSA) is 68.3 Å². The summed E-state index contributed by atoms with van der Waals surface area (Å²) in [5.41, 5.74) is 3.17. The highest BCUT2D eigenvalue weighted by Gasteiger charge is 2.51. The maximum absolute atomic E-state index is 12.6. The van der Waals surface area contributed by atoms with Crippen molar-refractivity contribution in [2.45, 2.75) is 45.3 Å². The molecule has 2 heterocycles. The van der Waals surface area contributed by atoms with Crippen LogP contribution in [0.3, 0.4) is 0 Å². The largest absolute Gasteiger partial charge is 0.372 e. The van der Waals surface area contributed by atoms with Crippen LogP contribution < -0.4 is 5.32 Å². The van der Waals surface area contributed by atoms with Gasteiger partial charge in [-0.25, -0.2) is 4.98 Å². The van der Waals surface area contributed by atoms with E-state index in [1.54, 1.807) is 6.20 Å². The standard InChI is InChI=1S/C17H16N2O2.C3H6O/c20-16(19-15-3-1-2-8-18-15)17(6-7-17)14-5-4-12-10-21-11-13(12)9-14;1-3(2)4/h1-5,8-9H,6-7,10-11H2,(H,18,19,20);1-2H3. The number of rotatable bonds is 3. The minimum Gasteiger partial charge on any atom is -0.372 e. The van der Waals surface area contributed by atoms with E-state index in [4.69, 9.17) is 4.74 Å². The Hall–Kier alpha value is -2.53. The normalized spacial score (nSPS) is 16.2. The first-order valence-electron chi connectivity index (χ1n) is 8.41. The van der Waals surface area contributed by atoms with Crippen LogP contribution in [0, 0.1) is 0 Å². The second-order valence-corrected chi connectivity index (χ2v) is 6.64. The Labute approximate surface area is 147 Å². The third-order valence-electron chi connectivity index (χ3n) is 4.37. The van der Waals surface area contributed by atoms with Crippen molar-refractivity contribution in [2.24, 2.45) is 0 Å². The molecule has 4 rings (SSSR count). The quantitative estimate of drug-likeness (QED) is 0.931. The number of amides is 1. The van der Waals surface area contributed by atoms with Gasteiger partial charge in [-0.3, -0.25) is 4.79 Å². The summed E-state index contributed by atoms with van der Waals surface area (Å²) in [7, 11) is 0. The summed E-state index contributed by atoms with van der Waals surface area (Å²) in [5.74, 6) is 0.818. The Morgan fingerprint density at radius 1 is 1.08 bits per heavy atom. The van der Waals surface area contributed by atoms with Crippen molar-refractivity contribution in [3.8, 4) is 0 Å². The Morgan fingerprint density at radius 3 is 2.44 bits per heavy atom. The van der Waals surface area contributed by atoms with Crippen molar-refractivity contribution in [3.05, 3.63) is 59.3 Å². The number of nitrogens with one attached hydrogen (secondary N) is 1. The molecule has 130 valence electrons. The molecule has 0 saturated heterocycles. The van der Waals surface area contributed by atoms with E-state index < -0.39 is 0 Å². The second-order valence-electron chi connectivity index (χ2n) is 6.64. The predicted octanol–water partition coefficient (Wildman–Crippen LogP) is 3.38. The zero-order valence-electron chi connectivity index (χ0n) is 14.5. The van der Waals surface area contributed by atoms with Gasteiger partial charge in [0.25, 0.3) is 0 Å². The highest BCUT2D eigenvalue weighted by molar-refractivity contribution is 6.00. The minimum atomic E-state index is -0.380. The molecular formula is C20H22N2O3. The molecule has 1 amide bonds. The average Bonchev–Trinajstić information content (AvgIpc) is 3.27. The fourth-order valence-electron chi connectivity index (χ4n) is 2.91. The molecular weight excluding hydrogens is 316 g/mol. The van der Waals surface area contributed by atoms with Gasteiger partial charge in [-0.15, -0.1) is 0 Å². The van der Waals surface area contributed by atoms with Gasteiger partial charge in [-0.05, 0) is 55.5 Å². The molecule has 25 heavy (non-hydrogen) atoms. The van der Waals surface area contributed by atoms with Gasteiger partial charge in [0.05, 0.1) is 18.6 Å². The molecule has 0 atom stereocenters. The summed E-state index contributed by atoms with van der Waals surface area (Å²) in [5, 5.41) is 2.93. The number of hydrogen-bond acceptors (Lipinski definition) is 4. The van der Waals surface area contributed by atoms with E-state index in [9.17, 15) is 9.59 Å². The molecule has 1 N–H and O–H groups in total. The monoisotopic (exact) mass is 338 g/mol. The van der Waals surface area contributed by atoms with Crippen LogP contribution in [0.2, 0.25) is 0 Å². The number of fused-ring (bicyclic) bond motifs is 1. The van der Waals surface area contributed by atoms with E-state index in [0.29, 0.717) is 19.0 Å². The lowest BCUT2D eigenvalue weighted by atomic mass is 9.92. The third kappa shape index (κ3) is 3.94. The van der Waals surface area contributed by atoms with Gasteiger partial charge >= 0.3 is 0 Å². The van der Waals surface area contributed by atoms with Crippen LogP contribution in [0.1, 0.15) is 43.4 Å². The number of Topliss-reactive ketones (excluding diaryl/α,β-unsaturated/α-hetero) is 1. The van der Waals surface area contributed by atoms with E-state index in [1.165, 1.54) is 25.0 Å². The lowest BCUT2D eigenvalue weighted by Crippen LogP contribution is -2.28. The summed E-state index contributed by atoms with van der Waals surface area (Å²) in [6.07, 6.45) is 3.47. The van der Waals surface area contributed by atoms with Crippen LogP contribution in [0.4, 0.5) is 5.82 Å². The number of ether oxygens (including phenoxy) is 1. The zero-order chi connectivity index (χ0) is 17.9. The maximum atomic E-state index is 12.6. The molecule has 1 saturated carbocycles. The molecule has 0 unspecified atom stereocenters. The zero-order valence-corrected chi connectivity index (χ0v) is 14.5. The van der Waals surface area contributed by atoms with Gasteiger partial charge in [0, 0.05) is 6.20 Å². The van der Waals surface area contributed by atoms with Gasteiger partial charge in [-0.2, -0.15) is 0 Å². The first-order chi connectivity index (χ1) is 12.0. The van der Waals surface area contributed by atoms with Crippen molar-refractivity contribution < 1.29 is 14.3 Å². The van der Waals surface area contributed by atoms with E-state index in [1.807, 2.05) is 18.2 Å². The third-order valence-corrected chi connectivity index (χ3v) is 4.37. The molecule has 0 radical (unpaired) electrons. The summed E-state index contributed by atoms with van der Waals surface area (Å²) in [6, 6.07) is 11.8. The van der Waals surface area contributed by atoms with E-state index >= 15 is 0 Å². The Morgan fingerprint density at radius 2 is 1.80 bits per heavy atom. The molecule has 1 fully saturated rings. The molecule has 5 nitrogen and oxygen atoms in total. The van der Waals surface area contributed by atoms with Crippen LogP contribution >= 0.6 is 0 Å². The first kappa shape index (κ1) is 17.3. The number of nitrogens with zero attached hydrogens (tertiary/aromatic N) is 1. The molecule has 2 aliphatic rings. The molecule has 1 aliphatic heterocycles. The van der Waals surface area contributed by atoms with Crippen LogP contribution in [0.25, 0.3) is 0 Å². The molecule has 1 aromatic carbocycles. The van der Waals surface area contributed by atoms with Gasteiger partial charge < -0.3 is 14.8 Å². The molecule has 2 aromatic rings. The number of carbonyl (C=O) groups is 2. The van der Waals surface area contributed by atoms with Crippen molar-refractivity contribution >= 4 is 17.5 Å². The number of anilines is 1. The number of benzene rings is 1. The summed E-state index contributed by atoms with van der Waals surface area (Å²) in [4.78, 5) is 26.2. The van der Waals surface area contributed by atoms with Gasteiger partial charge in [0.2, 0.25) is 5.91 Å². The lowest BCUT2D eigenvalue weighted by Gasteiger charge is -2.16. The fraction of sp³-hybridized carbons (Fsp3) is 0.350. The van der Waals surface area contributed by atoms with Crippen molar-refractivity contribution in [1.82, 2.24) is 4.98 Å². The lowest BCUT2D eigenvalue weighted by molar-refractivity contribution is -0.118.